The quantitative estimate of drug-likeness (QED) is 0.431. The van der Waals surface area contributed by atoms with E-state index in [1.54, 1.807) is 50.6 Å². The van der Waals surface area contributed by atoms with E-state index in [1.807, 2.05) is 59.5 Å². The van der Waals surface area contributed by atoms with Crippen LogP contribution in [0.5, 0.6) is 5.75 Å². The summed E-state index contributed by atoms with van der Waals surface area (Å²) in [5.74, 6) is 0.791. The molecule has 3 aromatic carbocycles. The minimum Gasteiger partial charge on any atom is -0.497 e. The molecular formula is C31H30N4O4. The third-order valence-electron chi connectivity index (χ3n) is 6.95. The van der Waals surface area contributed by atoms with E-state index in [4.69, 9.17) is 4.74 Å². The summed E-state index contributed by atoms with van der Waals surface area (Å²) in [5, 5.41) is 0.456. The fourth-order valence-electron chi connectivity index (χ4n) is 4.68. The summed E-state index contributed by atoms with van der Waals surface area (Å²) in [4.78, 5) is 45.6. The van der Waals surface area contributed by atoms with Gasteiger partial charge in [0.1, 0.15) is 16.4 Å². The van der Waals surface area contributed by atoms with Crippen molar-refractivity contribution in [2.75, 3.05) is 38.2 Å². The monoisotopic (exact) mass is 522 g/mol. The average molecular weight is 523 g/mol. The predicted molar refractivity (Wildman–Crippen MR) is 153 cm³/mol. The maximum absolute atomic E-state index is 13.1. The van der Waals surface area contributed by atoms with Gasteiger partial charge in [-0.15, -0.1) is 0 Å². The summed E-state index contributed by atoms with van der Waals surface area (Å²) in [6.07, 6.45) is 3.30. The van der Waals surface area contributed by atoms with Gasteiger partial charge in [0.2, 0.25) is 0 Å². The fraction of sp³-hybridized carbons (Fsp3) is 0.194. The molecule has 198 valence electrons. The van der Waals surface area contributed by atoms with Crippen LogP contribution in [0.3, 0.4) is 0 Å². The first-order valence-electron chi connectivity index (χ1n) is 12.8. The second kappa shape index (κ2) is 11.3. The van der Waals surface area contributed by atoms with Crippen LogP contribution in [0.1, 0.15) is 21.5 Å². The highest BCUT2D eigenvalue weighted by atomic mass is 16.5. The van der Waals surface area contributed by atoms with Crippen molar-refractivity contribution < 1.29 is 9.53 Å². The Hall–Kier alpha value is -4.85. The Morgan fingerprint density at radius 2 is 1.46 bits per heavy atom. The molecule has 39 heavy (non-hydrogen) atoms. The topological polar surface area (TPSA) is 87.6 Å². The number of H-pyrrole nitrogens is 1. The van der Waals surface area contributed by atoms with Crippen molar-refractivity contribution in [3.63, 3.8) is 0 Å². The number of rotatable bonds is 5. The molecular weight excluding hydrogens is 492 g/mol. The molecule has 0 atom stereocenters. The number of hydrogen-bond acceptors (Lipinski definition) is 5. The molecule has 1 fully saturated rings. The molecule has 0 spiro atoms. The molecule has 0 aliphatic carbocycles. The average Bonchev–Trinajstić information content (AvgIpc) is 2.99. The van der Waals surface area contributed by atoms with E-state index in [1.165, 1.54) is 4.57 Å². The summed E-state index contributed by atoms with van der Waals surface area (Å²) < 4.78 is 6.58. The largest absolute Gasteiger partial charge is 0.497 e. The summed E-state index contributed by atoms with van der Waals surface area (Å²) in [6, 6.07) is 24.4. The first-order valence-corrected chi connectivity index (χ1v) is 12.8. The summed E-state index contributed by atoms with van der Waals surface area (Å²) in [6.45, 7) is 2.75. The van der Waals surface area contributed by atoms with Gasteiger partial charge in [0.15, 0.2) is 0 Å². The zero-order valence-electron chi connectivity index (χ0n) is 22.0. The molecule has 8 nitrogen and oxygen atoms in total. The van der Waals surface area contributed by atoms with Gasteiger partial charge in [-0.1, -0.05) is 42.5 Å². The third kappa shape index (κ3) is 5.70. The first-order chi connectivity index (χ1) is 18.9. The maximum Gasteiger partial charge on any atom is 0.274 e. The van der Waals surface area contributed by atoms with Gasteiger partial charge in [-0.25, -0.2) is 0 Å². The highest BCUT2D eigenvalue weighted by Crippen LogP contribution is 2.21. The smallest absolute Gasteiger partial charge is 0.274 e. The van der Waals surface area contributed by atoms with Gasteiger partial charge >= 0.3 is 0 Å². The van der Waals surface area contributed by atoms with Crippen molar-refractivity contribution in [2.24, 2.45) is 7.05 Å². The molecule has 1 aliphatic heterocycles. The normalized spacial score (nSPS) is 14.5. The van der Waals surface area contributed by atoms with Gasteiger partial charge in [0, 0.05) is 44.5 Å². The lowest BCUT2D eigenvalue weighted by Crippen LogP contribution is -2.52. The van der Waals surface area contributed by atoms with E-state index in [0.717, 1.165) is 30.1 Å². The number of carbonyl (C=O) groups is 1. The van der Waals surface area contributed by atoms with Crippen LogP contribution in [0.25, 0.3) is 12.2 Å². The van der Waals surface area contributed by atoms with Crippen LogP contribution >= 0.6 is 0 Å². The second-order valence-corrected chi connectivity index (χ2v) is 9.42. The lowest BCUT2D eigenvalue weighted by Gasteiger charge is -2.36. The molecule has 1 aliphatic rings. The number of carbonyl (C=O) groups excluding carboxylic acids is 1. The number of benzene rings is 3. The first kappa shape index (κ1) is 25.8. The Morgan fingerprint density at radius 1 is 0.821 bits per heavy atom. The molecule has 0 bridgehead atoms. The van der Waals surface area contributed by atoms with Gasteiger partial charge < -0.3 is 24.1 Å². The Bertz CT molecular complexity index is 1700. The molecule has 1 N–H and O–H groups in total. The number of piperazine rings is 1. The SMILES string of the molecule is COc1ccc(N2CCN(C(=O)c3ccc(C=c4[nH]c(=O)c(=Cc5ccccc5)n(C)c4=O)cc3)CC2)cc1. The van der Waals surface area contributed by atoms with Crippen molar-refractivity contribution in [1.29, 1.82) is 0 Å². The Kier molecular flexibility index (Phi) is 7.45. The number of hydrogen-bond donors (Lipinski definition) is 1. The third-order valence-corrected chi connectivity index (χ3v) is 6.95. The second-order valence-electron chi connectivity index (χ2n) is 9.42. The molecule has 0 saturated carbocycles. The van der Waals surface area contributed by atoms with Crippen LogP contribution < -0.4 is 31.5 Å². The Morgan fingerprint density at radius 3 is 2.10 bits per heavy atom. The van der Waals surface area contributed by atoms with Crippen LogP contribution in [0.2, 0.25) is 0 Å². The number of ether oxygens (including phenoxy) is 1. The van der Waals surface area contributed by atoms with E-state index < -0.39 is 0 Å². The highest BCUT2D eigenvalue weighted by molar-refractivity contribution is 5.94. The minimum absolute atomic E-state index is 0.0268. The summed E-state index contributed by atoms with van der Waals surface area (Å²) in [7, 11) is 3.23. The lowest BCUT2D eigenvalue weighted by molar-refractivity contribution is 0.0747. The van der Waals surface area contributed by atoms with Crippen molar-refractivity contribution in [1.82, 2.24) is 14.5 Å². The number of nitrogens with zero attached hydrogens (tertiary/aromatic N) is 3. The number of aromatic amines is 1. The molecule has 4 aromatic rings. The summed E-state index contributed by atoms with van der Waals surface area (Å²) in [5.41, 5.74) is 2.57. The van der Waals surface area contributed by atoms with Crippen molar-refractivity contribution >= 4 is 23.7 Å². The van der Waals surface area contributed by atoms with Crippen LogP contribution in [0.4, 0.5) is 5.69 Å². The number of aromatic nitrogens is 2. The molecule has 2 heterocycles. The fourth-order valence-corrected chi connectivity index (χ4v) is 4.68. The predicted octanol–water partition coefficient (Wildman–Crippen LogP) is 1.70. The molecule has 1 amide bonds. The molecule has 0 radical (unpaired) electrons. The molecule has 0 unspecified atom stereocenters. The zero-order valence-corrected chi connectivity index (χ0v) is 22.0. The van der Waals surface area contributed by atoms with Gasteiger partial charge in [-0.3, -0.25) is 14.4 Å². The minimum atomic E-state index is -0.354. The van der Waals surface area contributed by atoms with Gasteiger partial charge in [0.05, 0.1) is 7.11 Å². The standard InChI is InChI=1S/C31H30N4O4/c1-33-28(21-22-6-4-3-5-7-22)29(36)32-27(31(33)38)20-23-8-10-24(11-9-23)30(37)35-18-16-34(17-19-35)25-12-14-26(39-2)15-13-25/h3-15,20-21H,16-19H2,1-2H3,(H,32,36). The van der Waals surface area contributed by atoms with E-state index in [9.17, 15) is 14.4 Å². The van der Waals surface area contributed by atoms with Crippen molar-refractivity contribution in [3.8, 4) is 5.75 Å². The van der Waals surface area contributed by atoms with Gasteiger partial charge in [-0.05, 0) is 59.7 Å². The molecule has 1 aromatic heterocycles. The van der Waals surface area contributed by atoms with E-state index in [-0.39, 0.29) is 27.7 Å². The van der Waals surface area contributed by atoms with Gasteiger partial charge in [-0.2, -0.15) is 0 Å². The Labute approximate surface area is 225 Å². The number of amides is 1. The highest BCUT2D eigenvalue weighted by Gasteiger charge is 2.22. The summed E-state index contributed by atoms with van der Waals surface area (Å²) >= 11 is 0. The van der Waals surface area contributed by atoms with E-state index in [0.29, 0.717) is 24.2 Å². The Balaban J connectivity index is 1.30. The van der Waals surface area contributed by atoms with Crippen molar-refractivity contribution in [2.45, 2.75) is 0 Å². The van der Waals surface area contributed by atoms with Crippen LogP contribution in [-0.4, -0.2) is 53.6 Å². The molecule has 8 heteroatoms. The lowest BCUT2D eigenvalue weighted by atomic mass is 10.1. The zero-order chi connectivity index (χ0) is 27.4. The molecule has 5 rings (SSSR count). The number of methoxy groups -OCH3 is 1. The van der Waals surface area contributed by atoms with E-state index in [2.05, 4.69) is 9.88 Å². The maximum atomic E-state index is 13.1. The number of anilines is 1. The van der Waals surface area contributed by atoms with Gasteiger partial charge in [0.25, 0.3) is 17.0 Å². The number of nitrogens with one attached hydrogen (secondary N) is 1. The van der Waals surface area contributed by atoms with E-state index >= 15 is 0 Å². The van der Waals surface area contributed by atoms with Crippen LogP contribution in [-0.2, 0) is 7.05 Å². The van der Waals surface area contributed by atoms with Crippen LogP contribution in [0.15, 0.2) is 88.5 Å². The molecule has 1 saturated heterocycles. The van der Waals surface area contributed by atoms with Crippen LogP contribution in [0, 0.1) is 0 Å². The van der Waals surface area contributed by atoms with Crippen molar-refractivity contribution in [3.05, 3.63) is 127 Å².